The predicted octanol–water partition coefficient (Wildman–Crippen LogP) is 1.44. The molecular weight excluding hydrogens is 214 g/mol. The van der Waals surface area contributed by atoms with E-state index in [1.165, 1.54) is 24.3 Å². The highest BCUT2D eigenvalue weighted by molar-refractivity contribution is 5.98. The molecule has 2 rings (SSSR count). The minimum Gasteiger partial charge on any atom is -0.453 e. The van der Waals surface area contributed by atoms with Crippen molar-refractivity contribution >= 4 is 22.5 Å². The summed E-state index contributed by atoms with van der Waals surface area (Å²) in [6, 6.07) is 5.61. The van der Waals surface area contributed by atoms with Crippen LogP contribution in [0.3, 0.4) is 0 Å². The number of nitro groups is 1. The lowest BCUT2D eigenvalue weighted by Crippen LogP contribution is -2.11. The standard InChI is InChI=1S/C9H7N3O4/c10-9(11-13)8-4-5-3-6(12(14)15)1-2-7(5)16-8/h1-4,13H,(H2,10,11). The van der Waals surface area contributed by atoms with Gasteiger partial charge in [0.1, 0.15) is 5.58 Å². The first-order valence-corrected chi connectivity index (χ1v) is 4.27. The van der Waals surface area contributed by atoms with E-state index in [4.69, 9.17) is 15.4 Å². The fourth-order valence-corrected chi connectivity index (χ4v) is 1.32. The van der Waals surface area contributed by atoms with Crippen LogP contribution in [0, 0.1) is 10.1 Å². The second kappa shape index (κ2) is 3.54. The molecule has 0 radical (unpaired) electrons. The van der Waals surface area contributed by atoms with E-state index in [2.05, 4.69) is 5.16 Å². The summed E-state index contributed by atoms with van der Waals surface area (Å²) >= 11 is 0. The second-order valence-electron chi connectivity index (χ2n) is 3.08. The number of amidine groups is 1. The lowest BCUT2D eigenvalue weighted by Gasteiger charge is -1.90. The number of furan rings is 1. The first-order valence-electron chi connectivity index (χ1n) is 4.27. The van der Waals surface area contributed by atoms with Gasteiger partial charge in [-0.05, 0) is 12.1 Å². The third-order valence-corrected chi connectivity index (χ3v) is 2.07. The molecule has 1 heterocycles. The molecule has 7 heteroatoms. The molecule has 0 spiro atoms. The van der Waals surface area contributed by atoms with Crippen LogP contribution < -0.4 is 5.73 Å². The zero-order valence-corrected chi connectivity index (χ0v) is 7.95. The van der Waals surface area contributed by atoms with E-state index in [9.17, 15) is 10.1 Å². The van der Waals surface area contributed by atoms with Crippen LogP contribution in [0.25, 0.3) is 11.0 Å². The van der Waals surface area contributed by atoms with Crippen molar-refractivity contribution in [2.24, 2.45) is 10.9 Å². The molecular formula is C9H7N3O4. The lowest BCUT2D eigenvalue weighted by molar-refractivity contribution is -0.384. The zero-order chi connectivity index (χ0) is 11.7. The molecule has 0 unspecified atom stereocenters. The Morgan fingerprint density at radius 3 is 2.88 bits per heavy atom. The van der Waals surface area contributed by atoms with Crippen molar-refractivity contribution in [2.75, 3.05) is 0 Å². The molecule has 0 aliphatic rings. The van der Waals surface area contributed by atoms with Crippen molar-refractivity contribution in [1.82, 2.24) is 0 Å². The van der Waals surface area contributed by atoms with Crippen molar-refractivity contribution in [3.8, 4) is 0 Å². The van der Waals surface area contributed by atoms with Gasteiger partial charge in [0.25, 0.3) is 5.69 Å². The zero-order valence-electron chi connectivity index (χ0n) is 7.95. The molecule has 0 atom stereocenters. The van der Waals surface area contributed by atoms with Crippen LogP contribution in [0.4, 0.5) is 5.69 Å². The molecule has 0 bridgehead atoms. The van der Waals surface area contributed by atoms with Crippen molar-refractivity contribution in [3.05, 3.63) is 40.1 Å². The summed E-state index contributed by atoms with van der Waals surface area (Å²) in [6.45, 7) is 0. The number of hydrogen-bond donors (Lipinski definition) is 2. The molecule has 0 aliphatic carbocycles. The van der Waals surface area contributed by atoms with Gasteiger partial charge in [-0.2, -0.15) is 0 Å². The molecule has 3 N–H and O–H groups in total. The molecule has 0 saturated heterocycles. The fraction of sp³-hybridized carbons (Fsp3) is 0. The molecule has 82 valence electrons. The van der Waals surface area contributed by atoms with Gasteiger partial charge in [0.2, 0.25) is 5.84 Å². The number of nitro benzene ring substituents is 1. The van der Waals surface area contributed by atoms with Crippen LogP contribution in [-0.2, 0) is 0 Å². The third-order valence-electron chi connectivity index (χ3n) is 2.07. The fourth-order valence-electron chi connectivity index (χ4n) is 1.32. The third kappa shape index (κ3) is 1.54. The highest BCUT2D eigenvalue weighted by Gasteiger charge is 2.11. The van der Waals surface area contributed by atoms with E-state index >= 15 is 0 Å². The minimum absolute atomic E-state index is 0.0423. The number of non-ortho nitro benzene ring substituents is 1. The van der Waals surface area contributed by atoms with E-state index in [0.29, 0.717) is 11.0 Å². The van der Waals surface area contributed by atoms with Gasteiger partial charge in [-0.3, -0.25) is 10.1 Å². The van der Waals surface area contributed by atoms with Gasteiger partial charge < -0.3 is 15.4 Å². The van der Waals surface area contributed by atoms with Gasteiger partial charge in [0.05, 0.1) is 4.92 Å². The Balaban J connectivity index is 2.58. The Hall–Kier alpha value is -2.57. The Bertz CT molecular complexity index is 587. The smallest absolute Gasteiger partial charge is 0.270 e. The lowest BCUT2D eigenvalue weighted by atomic mass is 10.2. The van der Waals surface area contributed by atoms with Gasteiger partial charge >= 0.3 is 0 Å². The maximum absolute atomic E-state index is 10.5. The van der Waals surface area contributed by atoms with Crippen molar-refractivity contribution < 1.29 is 14.5 Å². The van der Waals surface area contributed by atoms with Crippen LogP contribution in [0.15, 0.2) is 33.8 Å². The summed E-state index contributed by atoms with van der Waals surface area (Å²) in [6.07, 6.45) is 0. The van der Waals surface area contributed by atoms with Gasteiger partial charge in [-0.1, -0.05) is 5.16 Å². The Morgan fingerprint density at radius 2 is 2.25 bits per heavy atom. The van der Waals surface area contributed by atoms with E-state index in [1.54, 1.807) is 0 Å². The van der Waals surface area contributed by atoms with E-state index in [-0.39, 0.29) is 17.3 Å². The summed E-state index contributed by atoms with van der Waals surface area (Å²) in [5.74, 6) is -0.0168. The monoisotopic (exact) mass is 221 g/mol. The number of oxime groups is 1. The number of nitrogens with zero attached hydrogens (tertiary/aromatic N) is 2. The molecule has 0 aliphatic heterocycles. The molecule has 0 amide bonds. The Labute approximate surface area is 88.9 Å². The number of fused-ring (bicyclic) bond motifs is 1. The van der Waals surface area contributed by atoms with Crippen molar-refractivity contribution in [2.45, 2.75) is 0 Å². The van der Waals surface area contributed by atoms with Gasteiger partial charge in [-0.15, -0.1) is 0 Å². The molecule has 2 aromatic rings. The molecule has 0 saturated carbocycles. The number of rotatable bonds is 2. The second-order valence-corrected chi connectivity index (χ2v) is 3.08. The summed E-state index contributed by atoms with van der Waals surface area (Å²) in [5, 5.41) is 22.3. The first-order chi connectivity index (χ1) is 7.61. The minimum atomic E-state index is -0.504. The summed E-state index contributed by atoms with van der Waals surface area (Å²) in [5.41, 5.74) is 5.72. The van der Waals surface area contributed by atoms with Gasteiger partial charge in [-0.25, -0.2) is 0 Å². The highest BCUT2D eigenvalue weighted by atomic mass is 16.6. The number of hydrogen-bond acceptors (Lipinski definition) is 5. The summed E-state index contributed by atoms with van der Waals surface area (Å²) in [7, 11) is 0. The van der Waals surface area contributed by atoms with Crippen LogP contribution in [0.1, 0.15) is 5.76 Å². The van der Waals surface area contributed by atoms with Crippen LogP contribution in [0.5, 0.6) is 0 Å². The maximum atomic E-state index is 10.5. The molecule has 0 fully saturated rings. The molecule has 16 heavy (non-hydrogen) atoms. The van der Waals surface area contributed by atoms with Crippen LogP contribution in [0.2, 0.25) is 0 Å². The maximum Gasteiger partial charge on any atom is 0.270 e. The largest absolute Gasteiger partial charge is 0.453 e. The van der Waals surface area contributed by atoms with Crippen molar-refractivity contribution in [3.63, 3.8) is 0 Å². The summed E-state index contributed by atoms with van der Waals surface area (Å²) in [4.78, 5) is 10.0. The van der Waals surface area contributed by atoms with Crippen LogP contribution >= 0.6 is 0 Å². The van der Waals surface area contributed by atoms with Crippen molar-refractivity contribution in [1.29, 1.82) is 0 Å². The van der Waals surface area contributed by atoms with Gasteiger partial charge in [0.15, 0.2) is 5.76 Å². The number of benzene rings is 1. The topological polar surface area (TPSA) is 115 Å². The predicted molar refractivity (Wildman–Crippen MR) is 55.4 cm³/mol. The Morgan fingerprint density at radius 1 is 1.50 bits per heavy atom. The average molecular weight is 221 g/mol. The van der Waals surface area contributed by atoms with E-state index in [0.717, 1.165) is 0 Å². The normalized spacial score (nSPS) is 11.9. The first kappa shape index (κ1) is 9.97. The number of nitrogens with two attached hydrogens (primary N) is 1. The highest BCUT2D eigenvalue weighted by Crippen LogP contribution is 2.23. The Kier molecular flexibility index (Phi) is 2.20. The average Bonchev–Trinajstić information content (AvgIpc) is 2.70. The molecule has 7 nitrogen and oxygen atoms in total. The van der Waals surface area contributed by atoms with E-state index in [1.807, 2.05) is 0 Å². The SMILES string of the molecule is N/C(=N/O)c1cc2cc([N+](=O)[O-])ccc2o1. The molecule has 1 aromatic heterocycles. The van der Waals surface area contributed by atoms with E-state index < -0.39 is 4.92 Å². The van der Waals surface area contributed by atoms with Gasteiger partial charge in [0, 0.05) is 17.5 Å². The molecule has 1 aromatic carbocycles. The quantitative estimate of drug-likeness (QED) is 0.261. The van der Waals surface area contributed by atoms with Crippen LogP contribution in [-0.4, -0.2) is 16.0 Å². The summed E-state index contributed by atoms with van der Waals surface area (Å²) < 4.78 is 5.22.